The molecular weight excluding hydrogens is 280 g/mol. The summed E-state index contributed by atoms with van der Waals surface area (Å²) in [7, 11) is 0. The van der Waals surface area contributed by atoms with Crippen LogP contribution in [0.2, 0.25) is 0 Å². The summed E-state index contributed by atoms with van der Waals surface area (Å²) in [5, 5.41) is 11.4. The number of hydrogen-bond donors (Lipinski definition) is 2. The predicted octanol–water partition coefficient (Wildman–Crippen LogP) is -0.209. The second-order valence-electron chi connectivity index (χ2n) is 4.31. The number of nitrogens with one attached hydrogen (secondary N) is 1. The van der Waals surface area contributed by atoms with E-state index in [1.807, 2.05) is 4.57 Å². The average Bonchev–Trinajstić information content (AvgIpc) is 2.97. The Hall–Kier alpha value is -1.61. The summed E-state index contributed by atoms with van der Waals surface area (Å²) in [6.45, 7) is 3.69. The zero-order valence-corrected chi connectivity index (χ0v) is 12.2. The SMILES string of the molecule is CCCn1c(CN)nnc1SCCN1C(=O)CNC1=O. The summed E-state index contributed by atoms with van der Waals surface area (Å²) in [6, 6.07) is -0.326. The number of nitrogens with two attached hydrogens (primary N) is 1. The van der Waals surface area contributed by atoms with Crippen molar-refractivity contribution >= 4 is 23.7 Å². The molecule has 0 aromatic carbocycles. The number of aromatic nitrogens is 3. The molecule has 0 atom stereocenters. The van der Waals surface area contributed by atoms with Crippen molar-refractivity contribution in [3.8, 4) is 0 Å². The molecule has 20 heavy (non-hydrogen) atoms. The minimum atomic E-state index is -0.326. The lowest BCUT2D eigenvalue weighted by Gasteiger charge is -2.12. The lowest BCUT2D eigenvalue weighted by molar-refractivity contribution is -0.124. The van der Waals surface area contributed by atoms with E-state index in [0.717, 1.165) is 23.9 Å². The molecule has 3 N–H and O–H groups in total. The summed E-state index contributed by atoms with van der Waals surface area (Å²) < 4.78 is 1.98. The molecule has 110 valence electrons. The largest absolute Gasteiger partial charge is 0.329 e. The number of carbonyl (C=O) groups is 2. The Morgan fingerprint density at radius 2 is 2.15 bits per heavy atom. The lowest BCUT2D eigenvalue weighted by Crippen LogP contribution is -2.32. The van der Waals surface area contributed by atoms with Gasteiger partial charge in [0.2, 0.25) is 5.91 Å². The fourth-order valence-electron chi connectivity index (χ4n) is 1.93. The molecule has 0 bridgehead atoms. The topological polar surface area (TPSA) is 106 Å². The van der Waals surface area contributed by atoms with Gasteiger partial charge in [-0.15, -0.1) is 10.2 Å². The van der Waals surface area contributed by atoms with E-state index in [1.54, 1.807) is 0 Å². The Bertz CT molecular complexity index is 487. The third-order valence-corrected chi connectivity index (χ3v) is 3.85. The van der Waals surface area contributed by atoms with Gasteiger partial charge in [0.1, 0.15) is 5.82 Å². The first-order chi connectivity index (χ1) is 9.67. The summed E-state index contributed by atoms with van der Waals surface area (Å²) in [6.07, 6.45) is 0.964. The van der Waals surface area contributed by atoms with E-state index >= 15 is 0 Å². The van der Waals surface area contributed by atoms with Gasteiger partial charge in [0.05, 0.1) is 13.1 Å². The van der Waals surface area contributed by atoms with Crippen molar-refractivity contribution in [3.05, 3.63) is 5.82 Å². The molecule has 0 saturated carbocycles. The number of urea groups is 1. The molecule has 0 radical (unpaired) electrons. The predicted molar refractivity (Wildman–Crippen MR) is 74.0 cm³/mol. The zero-order valence-electron chi connectivity index (χ0n) is 11.3. The standard InChI is InChI=1S/C11H18N6O2S/c1-2-3-16-8(6-12)14-15-11(16)20-5-4-17-9(18)7-13-10(17)19/h2-7,12H2,1H3,(H,13,19). The van der Waals surface area contributed by atoms with Gasteiger partial charge in [-0.2, -0.15) is 0 Å². The van der Waals surface area contributed by atoms with Gasteiger partial charge in [-0.3, -0.25) is 9.69 Å². The second-order valence-corrected chi connectivity index (χ2v) is 5.37. The van der Waals surface area contributed by atoms with Crippen molar-refractivity contribution in [2.75, 3.05) is 18.8 Å². The molecule has 2 heterocycles. The Balaban J connectivity index is 1.92. The van der Waals surface area contributed by atoms with Gasteiger partial charge in [-0.1, -0.05) is 18.7 Å². The first-order valence-corrected chi connectivity index (χ1v) is 7.49. The lowest BCUT2D eigenvalue weighted by atomic mass is 10.4. The van der Waals surface area contributed by atoms with Crippen LogP contribution in [-0.4, -0.2) is 50.4 Å². The van der Waals surface area contributed by atoms with Crippen molar-refractivity contribution in [1.29, 1.82) is 0 Å². The molecule has 0 spiro atoms. The Labute approximate surface area is 121 Å². The summed E-state index contributed by atoms with van der Waals surface area (Å²) in [5.74, 6) is 1.16. The van der Waals surface area contributed by atoms with E-state index in [0.29, 0.717) is 18.8 Å². The van der Waals surface area contributed by atoms with Gasteiger partial charge < -0.3 is 15.6 Å². The van der Waals surface area contributed by atoms with E-state index in [-0.39, 0.29) is 18.5 Å². The van der Waals surface area contributed by atoms with Crippen LogP contribution in [0.25, 0.3) is 0 Å². The third kappa shape index (κ3) is 3.10. The van der Waals surface area contributed by atoms with Gasteiger partial charge in [0.25, 0.3) is 0 Å². The zero-order chi connectivity index (χ0) is 14.5. The molecule has 1 aromatic heterocycles. The molecule has 1 saturated heterocycles. The number of nitrogens with zero attached hydrogens (tertiary/aromatic N) is 4. The number of thioether (sulfide) groups is 1. The molecular formula is C11H18N6O2S. The molecule has 3 amide bonds. The molecule has 1 aliphatic heterocycles. The van der Waals surface area contributed by atoms with E-state index in [2.05, 4.69) is 22.4 Å². The molecule has 0 unspecified atom stereocenters. The first kappa shape index (κ1) is 14.8. The maximum atomic E-state index is 11.4. The van der Waals surface area contributed by atoms with Crippen molar-refractivity contribution in [1.82, 2.24) is 25.0 Å². The van der Waals surface area contributed by atoms with Crippen molar-refractivity contribution in [2.24, 2.45) is 5.73 Å². The highest BCUT2D eigenvalue weighted by molar-refractivity contribution is 7.99. The maximum absolute atomic E-state index is 11.4. The van der Waals surface area contributed by atoms with Crippen LogP contribution in [0.1, 0.15) is 19.2 Å². The normalized spacial score (nSPS) is 15.0. The van der Waals surface area contributed by atoms with Crippen LogP contribution >= 0.6 is 11.8 Å². The van der Waals surface area contributed by atoms with Crippen LogP contribution in [0, 0.1) is 0 Å². The Morgan fingerprint density at radius 1 is 1.35 bits per heavy atom. The second kappa shape index (κ2) is 6.71. The third-order valence-electron chi connectivity index (χ3n) is 2.91. The number of rotatable bonds is 7. The van der Waals surface area contributed by atoms with Crippen LogP contribution in [-0.2, 0) is 17.9 Å². The van der Waals surface area contributed by atoms with Crippen LogP contribution < -0.4 is 11.1 Å². The van der Waals surface area contributed by atoms with Crippen LogP contribution in [0.5, 0.6) is 0 Å². The van der Waals surface area contributed by atoms with Gasteiger partial charge in [0, 0.05) is 18.8 Å². The van der Waals surface area contributed by atoms with Crippen LogP contribution in [0.4, 0.5) is 4.79 Å². The highest BCUT2D eigenvalue weighted by atomic mass is 32.2. The van der Waals surface area contributed by atoms with E-state index < -0.39 is 0 Å². The van der Waals surface area contributed by atoms with Crippen molar-refractivity contribution < 1.29 is 9.59 Å². The number of amides is 3. The minimum absolute atomic E-state index is 0.0901. The van der Waals surface area contributed by atoms with E-state index in [9.17, 15) is 9.59 Å². The molecule has 1 fully saturated rings. The quantitative estimate of drug-likeness (QED) is 0.533. The Morgan fingerprint density at radius 3 is 2.75 bits per heavy atom. The minimum Gasteiger partial charge on any atom is -0.329 e. The monoisotopic (exact) mass is 298 g/mol. The summed E-state index contributed by atoms with van der Waals surface area (Å²) in [4.78, 5) is 24.0. The first-order valence-electron chi connectivity index (χ1n) is 6.50. The van der Waals surface area contributed by atoms with Gasteiger partial charge in [0.15, 0.2) is 5.16 Å². The molecule has 8 nitrogen and oxygen atoms in total. The molecule has 0 aliphatic carbocycles. The van der Waals surface area contributed by atoms with Crippen LogP contribution in [0.3, 0.4) is 0 Å². The molecule has 9 heteroatoms. The summed E-state index contributed by atoms with van der Waals surface area (Å²) >= 11 is 1.47. The smallest absolute Gasteiger partial charge is 0.324 e. The molecule has 1 aliphatic rings. The van der Waals surface area contributed by atoms with Gasteiger partial charge >= 0.3 is 6.03 Å². The van der Waals surface area contributed by atoms with E-state index in [1.165, 1.54) is 16.7 Å². The molecule has 1 aromatic rings. The maximum Gasteiger partial charge on any atom is 0.324 e. The van der Waals surface area contributed by atoms with Gasteiger partial charge in [-0.05, 0) is 6.42 Å². The van der Waals surface area contributed by atoms with Crippen molar-refractivity contribution in [3.63, 3.8) is 0 Å². The highest BCUT2D eigenvalue weighted by Gasteiger charge is 2.27. The molecule has 2 rings (SSSR count). The van der Waals surface area contributed by atoms with Gasteiger partial charge in [-0.25, -0.2) is 4.79 Å². The average molecular weight is 298 g/mol. The fraction of sp³-hybridized carbons (Fsp3) is 0.636. The van der Waals surface area contributed by atoms with Crippen molar-refractivity contribution in [2.45, 2.75) is 31.6 Å². The highest BCUT2D eigenvalue weighted by Crippen LogP contribution is 2.18. The number of imide groups is 1. The number of carbonyl (C=O) groups excluding carboxylic acids is 2. The fourth-order valence-corrected chi connectivity index (χ4v) is 2.84. The number of hydrogen-bond acceptors (Lipinski definition) is 6. The van der Waals surface area contributed by atoms with Crippen LogP contribution in [0.15, 0.2) is 5.16 Å². The summed E-state index contributed by atoms with van der Waals surface area (Å²) in [5.41, 5.74) is 5.62. The van der Waals surface area contributed by atoms with E-state index in [4.69, 9.17) is 5.73 Å². The Kier molecular flexibility index (Phi) is 4.96.